The van der Waals surface area contributed by atoms with Crippen molar-refractivity contribution in [1.29, 1.82) is 0 Å². The Morgan fingerprint density at radius 1 is 1.11 bits per heavy atom. The zero-order chi connectivity index (χ0) is 20.1. The molecular weight excluding hydrogens is 398 g/mol. The van der Waals surface area contributed by atoms with Crippen LogP contribution in [0.2, 0.25) is 0 Å². The third-order valence-corrected chi connectivity index (χ3v) is 6.77. The molecule has 0 fully saturated rings. The fourth-order valence-electron chi connectivity index (χ4n) is 2.46. The molecule has 0 radical (unpaired) electrons. The van der Waals surface area contributed by atoms with Gasteiger partial charge in [0.1, 0.15) is 5.75 Å². The molecule has 0 saturated heterocycles. The van der Waals surface area contributed by atoms with Crippen LogP contribution >= 0.6 is 11.8 Å². The zero-order valence-electron chi connectivity index (χ0n) is 15.8. The van der Waals surface area contributed by atoms with E-state index >= 15 is 0 Å². The lowest BCUT2D eigenvalue weighted by Gasteiger charge is -2.12. The lowest BCUT2D eigenvalue weighted by molar-refractivity contribution is 0.391. The zero-order valence-corrected chi connectivity index (χ0v) is 17.5. The highest BCUT2D eigenvalue weighted by atomic mass is 32.2. The van der Waals surface area contributed by atoms with Crippen LogP contribution < -0.4 is 4.74 Å². The molecule has 0 N–H and O–H groups in total. The van der Waals surface area contributed by atoms with E-state index < -0.39 is 10.0 Å². The van der Waals surface area contributed by atoms with Crippen molar-refractivity contribution in [2.45, 2.75) is 16.4 Å². The summed E-state index contributed by atoms with van der Waals surface area (Å²) in [4.78, 5) is 4.70. The summed E-state index contributed by atoms with van der Waals surface area (Å²) in [5.74, 6) is 2.91. The quantitative estimate of drug-likeness (QED) is 0.553. The molecule has 0 bridgehead atoms. The van der Waals surface area contributed by atoms with Gasteiger partial charge < -0.3 is 9.26 Å². The third-order valence-electron chi connectivity index (χ3n) is 3.97. The molecule has 1 heterocycles. The van der Waals surface area contributed by atoms with Crippen molar-refractivity contribution in [2.24, 2.45) is 0 Å². The fourth-order valence-corrected chi connectivity index (χ4v) is 4.24. The number of aromatic nitrogens is 2. The van der Waals surface area contributed by atoms with Crippen LogP contribution in [0.25, 0.3) is 11.4 Å². The Kier molecular flexibility index (Phi) is 6.38. The Hall–Kier alpha value is -2.36. The van der Waals surface area contributed by atoms with Gasteiger partial charge in [0.2, 0.25) is 21.7 Å². The lowest BCUT2D eigenvalue weighted by atomic mass is 10.2. The molecule has 0 unspecified atom stereocenters. The largest absolute Gasteiger partial charge is 0.497 e. The molecule has 0 aliphatic carbocycles. The van der Waals surface area contributed by atoms with Gasteiger partial charge in [-0.25, -0.2) is 12.7 Å². The smallest absolute Gasteiger partial charge is 0.242 e. The lowest BCUT2D eigenvalue weighted by Crippen LogP contribution is -2.22. The normalized spacial score (nSPS) is 11.7. The molecule has 1 aromatic heterocycles. The minimum Gasteiger partial charge on any atom is -0.497 e. The van der Waals surface area contributed by atoms with Gasteiger partial charge in [0.05, 0.1) is 17.8 Å². The van der Waals surface area contributed by atoms with Gasteiger partial charge in [-0.1, -0.05) is 29.4 Å². The number of hydrogen-bond donors (Lipinski definition) is 0. The number of methoxy groups -OCH3 is 1. The third kappa shape index (κ3) is 4.73. The van der Waals surface area contributed by atoms with E-state index in [2.05, 4.69) is 10.1 Å². The van der Waals surface area contributed by atoms with E-state index in [1.54, 1.807) is 37.1 Å². The van der Waals surface area contributed by atoms with Gasteiger partial charge >= 0.3 is 0 Å². The molecule has 0 atom stereocenters. The summed E-state index contributed by atoms with van der Waals surface area (Å²) in [6.45, 7) is 0. The fraction of sp³-hybridized carbons (Fsp3) is 0.263. The Morgan fingerprint density at radius 2 is 1.89 bits per heavy atom. The van der Waals surface area contributed by atoms with Crippen molar-refractivity contribution in [1.82, 2.24) is 14.4 Å². The van der Waals surface area contributed by atoms with Gasteiger partial charge in [0, 0.05) is 25.4 Å². The van der Waals surface area contributed by atoms with Crippen LogP contribution in [0.5, 0.6) is 5.75 Å². The Bertz CT molecular complexity index is 1050. The first-order chi connectivity index (χ1) is 13.4. The first-order valence-electron chi connectivity index (χ1n) is 8.46. The number of ether oxygens (including phenoxy) is 1. The molecule has 28 heavy (non-hydrogen) atoms. The molecule has 0 saturated carbocycles. The Morgan fingerprint density at radius 3 is 2.64 bits per heavy atom. The number of benzene rings is 2. The average molecular weight is 420 g/mol. The topological polar surface area (TPSA) is 85.5 Å². The monoisotopic (exact) mass is 419 g/mol. The van der Waals surface area contributed by atoms with Crippen LogP contribution in [0.3, 0.4) is 0 Å². The highest BCUT2D eigenvalue weighted by Gasteiger charge is 2.17. The van der Waals surface area contributed by atoms with Crippen molar-refractivity contribution in [3.05, 3.63) is 60.0 Å². The summed E-state index contributed by atoms with van der Waals surface area (Å²) in [7, 11) is 1.21. The summed E-state index contributed by atoms with van der Waals surface area (Å²) in [5, 5.41) is 4.01. The Balaban J connectivity index is 1.63. The molecule has 148 valence electrons. The van der Waals surface area contributed by atoms with Crippen LogP contribution in [0.1, 0.15) is 11.5 Å². The molecule has 0 amide bonds. The van der Waals surface area contributed by atoms with Crippen LogP contribution in [-0.4, -0.2) is 44.1 Å². The van der Waals surface area contributed by atoms with Crippen LogP contribution in [0, 0.1) is 0 Å². The summed E-state index contributed by atoms with van der Waals surface area (Å²) in [6, 6.07) is 14.4. The predicted molar refractivity (Wildman–Crippen MR) is 109 cm³/mol. The number of nitrogens with zero attached hydrogens (tertiary/aromatic N) is 3. The molecule has 9 heteroatoms. The first-order valence-corrected chi connectivity index (χ1v) is 11.1. The standard InChI is InChI=1S/C19H21N3O4S2/c1-22(2)28(23,24)17-9-4-6-14(10-17)12-27-13-18-20-19(21-26-18)15-7-5-8-16(11-15)25-3/h4-11H,12-13H2,1-3H3. The van der Waals surface area contributed by atoms with Gasteiger partial charge in [-0.2, -0.15) is 4.98 Å². The number of thioether (sulfide) groups is 1. The van der Waals surface area contributed by atoms with Gasteiger partial charge in [-0.05, 0) is 29.8 Å². The summed E-state index contributed by atoms with van der Waals surface area (Å²) >= 11 is 1.57. The van der Waals surface area contributed by atoms with E-state index in [-0.39, 0.29) is 4.90 Å². The van der Waals surface area contributed by atoms with E-state index in [4.69, 9.17) is 9.26 Å². The Labute approximate surface area is 168 Å². The maximum Gasteiger partial charge on any atom is 0.242 e. The maximum atomic E-state index is 12.2. The first kappa shape index (κ1) is 20.4. The van der Waals surface area contributed by atoms with Crippen LogP contribution in [0.15, 0.2) is 57.9 Å². The van der Waals surface area contributed by atoms with Crippen molar-refractivity contribution < 1.29 is 17.7 Å². The highest BCUT2D eigenvalue weighted by Crippen LogP contribution is 2.24. The highest BCUT2D eigenvalue weighted by molar-refractivity contribution is 7.97. The number of rotatable bonds is 8. The molecular formula is C19H21N3O4S2. The van der Waals surface area contributed by atoms with E-state index in [9.17, 15) is 8.42 Å². The van der Waals surface area contributed by atoms with Gasteiger partial charge in [-0.15, -0.1) is 11.8 Å². The SMILES string of the molecule is COc1cccc(-c2noc(CSCc3cccc(S(=O)(=O)N(C)C)c3)n2)c1. The van der Waals surface area contributed by atoms with Gasteiger partial charge in [-0.3, -0.25) is 0 Å². The van der Waals surface area contributed by atoms with Gasteiger partial charge in [0.25, 0.3) is 0 Å². The summed E-state index contributed by atoms with van der Waals surface area (Å²) in [6.07, 6.45) is 0. The molecule has 0 aliphatic rings. The number of hydrogen-bond acceptors (Lipinski definition) is 7. The second kappa shape index (κ2) is 8.76. The van der Waals surface area contributed by atoms with E-state index in [1.807, 2.05) is 30.3 Å². The average Bonchev–Trinajstić information content (AvgIpc) is 3.17. The molecule has 0 aliphatic heterocycles. The minimum absolute atomic E-state index is 0.286. The molecule has 0 spiro atoms. The van der Waals surface area contributed by atoms with Crippen LogP contribution in [0.4, 0.5) is 0 Å². The van der Waals surface area contributed by atoms with E-state index in [1.165, 1.54) is 18.4 Å². The van der Waals surface area contributed by atoms with Crippen molar-refractivity contribution in [2.75, 3.05) is 21.2 Å². The predicted octanol–water partition coefficient (Wildman–Crippen LogP) is 3.43. The van der Waals surface area contributed by atoms with Crippen LogP contribution in [-0.2, 0) is 21.5 Å². The molecule has 2 aromatic carbocycles. The second-order valence-electron chi connectivity index (χ2n) is 6.17. The van der Waals surface area contributed by atoms with E-state index in [0.717, 1.165) is 16.9 Å². The molecule has 7 nitrogen and oxygen atoms in total. The van der Waals surface area contributed by atoms with Crippen molar-refractivity contribution >= 4 is 21.8 Å². The van der Waals surface area contributed by atoms with E-state index in [0.29, 0.717) is 23.2 Å². The van der Waals surface area contributed by atoms with Crippen molar-refractivity contribution in [3.63, 3.8) is 0 Å². The molecule has 3 rings (SSSR count). The summed E-state index contributed by atoms with van der Waals surface area (Å²) < 4.78 is 36.2. The second-order valence-corrected chi connectivity index (χ2v) is 9.31. The maximum absolute atomic E-state index is 12.2. The van der Waals surface area contributed by atoms with Crippen molar-refractivity contribution in [3.8, 4) is 17.1 Å². The molecule has 3 aromatic rings. The summed E-state index contributed by atoms with van der Waals surface area (Å²) in [5.41, 5.74) is 1.74. The number of sulfonamides is 1. The minimum atomic E-state index is -3.44. The van der Waals surface area contributed by atoms with Gasteiger partial charge in [0.15, 0.2) is 0 Å².